The lowest BCUT2D eigenvalue weighted by atomic mass is 10.1. The molecule has 33 heavy (non-hydrogen) atoms. The number of hydrogen-bond donors (Lipinski definition) is 1. The number of aryl methyl sites for hydroxylation is 1. The van der Waals surface area contributed by atoms with Crippen LogP contribution in [0.3, 0.4) is 0 Å². The summed E-state index contributed by atoms with van der Waals surface area (Å²) >= 11 is 0. The van der Waals surface area contributed by atoms with Crippen LogP contribution in [0.5, 0.6) is 0 Å². The van der Waals surface area contributed by atoms with Gasteiger partial charge in [-0.2, -0.15) is 0 Å². The minimum absolute atomic E-state index is 0.139. The van der Waals surface area contributed by atoms with Gasteiger partial charge in [0, 0.05) is 55.9 Å². The van der Waals surface area contributed by atoms with Crippen LogP contribution in [-0.4, -0.2) is 51.7 Å². The van der Waals surface area contributed by atoms with E-state index in [1.165, 1.54) is 17.7 Å². The van der Waals surface area contributed by atoms with Crippen molar-refractivity contribution in [2.24, 2.45) is 0 Å². The first-order chi connectivity index (χ1) is 15.8. The second-order valence-electron chi connectivity index (χ2n) is 8.50. The molecule has 4 rings (SSSR count). The number of sulfone groups is 1. The highest BCUT2D eigenvalue weighted by Crippen LogP contribution is 2.22. The van der Waals surface area contributed by atoms with Gasteiger partial charge in [0.05, 0.1) is 4.90 Å². The minimum atomic E-state index is -3.38. The lowest BCUT2D eigenvalue weighted by molar-refractivity contribution is 0.102. The van der Waals surface area contributed by atoms with E-state index in [1.807, 2.05) is 30.3 Å². The molecular weight excluding hydrogens is 434 g/mol. The molecule has 0 bridgehead atoms. The monoisotopic (exact) mass is 463 g/mol. The molecule has 0 atom stereocenters. The first-order valence-electron chi connectivity index (χ1n) is 11.0. The predicted molar refractivity (Wildman–Crippen MR) is 133 cm³/mol. The third-order valence-corrected chi connectivity index (χ3v) is 7.10. The Hall–Kier alpha value is -3.16. The van der Waals surface area contributed by atoms with E-state index in [1.54, 1.807) is 13.0 Å². The highest BCUT2D eigenvalue weighted by Gasteiger charge is 2.18. The smallest absolute Gasteiger partial charge is 0.255 e. The summed E-state index contributed by atoms with van der Waals surface area (Å²) in [5.74, 6) is -0.319. The summed E-state index contributed by atoms with van der Waals surface area (Å²) in [4.78, 5) is 17.7. The van der Waals surface area contributed by atoms with E-state index in [2.05, 4.69) is 39.4 Å². The Balaban J connectivity index is 1.36. The first kappa shape index (κ1) is 23.0. The largest absolute Gasteiger partial charge is 0.369 e. The van der Waals surface area contributed by atoms with E-state index in [0.29, 0.717) is 11.3 Å². The second-order valence-corrected chi connectivity index (χ2v) is 10.5. The Bertz CT molecular complexity index is 1220. The standard InChI is InChI=1S/C26H29N3O3S/c1-20-8-13-24(33(2,31)32)18-25(20)26(30)27-22-9-11-23(12-10-22)29-16-14-28(15-17-29)19-21-6-4-3-5-7-21/h3-13,18H,14-17,19H2,1-2H3,(H,27,30). The number of carbonyl (C=O) groups excluding carboxylic acids is 1. The lowest BCUT2D eigenvalue weighted by Crippen LogP contribution is -2.45. The fraction of sp³-hybridized carbons (Fsp3) is 0.269. The molecule has 0 radical (unpaired) electrons. The summed E-state index contributed by atoms with van der Waals surface area (Å²) in [5.41, 5.74) is 4.23. The Labute approximate surface area is 195 Å². The molecule has 0 unspecified atom stereocenters. The van der Waals surface area contributed by atoms with Gasteiger partial charge in [0.2, 0.25) is 0 Å². The summed E-state index contributed by atoms with van der Waals surface area (Å²) < 4.78 is 23.7. The molecule has 1 N–H and O–H groups in total. The summed E-state index contributed by atoms with van der Waals surface area (Å²) in [7, 11) is -3.38. The van der Waals surface area contributed by atoms with E-state index in [9.17, 15) is 13.2 Å². The van der Waals surface area contributed by atoms with Gasteiger partial charge in [-0.05, 0) is 54.4 Å². The van der Waals surface area contributed by atoms with Gasteiger partial charge >= 0.3 is 0 Å². The lowest BCUT2D eigenvalue weighted by Gasteiger charge is -2.36. The molecule has 0 spiro atoms. The number of carbonyl (C=O) groups is 1. The van der Waals surface area contributed by atoms with Crippen LogP contribution in [0.25, 0.3) is 0 Å². The minimum Gasteiger partial charge on any atom is -0.369 e. The van der Waals surface area contributed by atoms with Gasteiger partial charge in [-0.1, -0.05) is 36.4 Å². The van der Waals surface area contributed by atoms with E-state index in [-0.39, 0.29) is 10.8 Å². The van der Waals surface area contributed by atoms with Crippen LogP contribution in [-0.2, 0) is 16.4 Å². The van der Waals surface area contributed by atoms with Crippen LogP contribution in [0.1, 0.15) is 21.5 Å². The molecule has 1 aliphatic rings. The molecule has 6 nitrogen and oxygen atoms in total. The normalized spacial score (nSPS) is 14.8. The van der Waals surface area contributed by atoms with Crippen molar-refractivity contribution < 1.29 is 13.2 Å². The summed E-state index contributed by atoms with van der Waals surface area (Å²) in [6, 6.07) is 23.0. The molecule has 0 aromatic heterocycles. The molecule has 1 aliphatic heterocycles. The zero-order chi connectivity index (χ0) is 23.4. The highest BCUT2D eigenvalue weighted by atomic mass is 32.2. The van der Waals surface area contributed by atoms with Crippen LogP contribution in [0, 0.1) is 6.92 Å². The van der Waals surface area contributed by atoms with Gasteiger partial charge in [0.25, 0.3) is 5.91 Å². The topological polar surface area (TPSA) is 69.7 Å². The van der Waals surface area contributed by atoms with Crippen molar-refractivity contribution in [3.63, 3.8) is 0 Å². The molecule has 7 heteroatoms. The van der Waals surface area contributed by atoms with E-state index in [0.717, 1.165) is 50.2 Å². The van der Waals surface area contributed by atoms with Crippen molar-refractivity contribution in [2.75, 3.05) is 42.7 Å². The summed E-state index contributed by atoms with van der Waals surface area (Å²) in [6.45, 7) is 6.68. The van der Waals surface area contributed by atoms with Crippen LogP contribution >= 0.6 is 0 Å². The quantitative estimate of drug-likeness (QED) is 0.599. The van der Waals surface area contributed by atoms with Crippen LogP contribution in [0.15, 0.2) is 77.7 Å². The highest BCUT2D eigenvalue weighted by molar-refractivity contribution is 7.90. The van der Waals surface area contributed by atoms with E-state index in [4.69, 9.17) is 0 Å². The molecule has 0 aliphatic carbocycles. The molecule has 0 saturated carbocycles. The molecule has 1 fully saturated rings. The van der Waals surface area contributed by atoms with Crippen molar-refractivity contribution in [2.45, 2.75) is 18.4 Å². The zero-order valence-electron chi connectivity index (χ0n) is 19.0. The number of piperazine rings is 1. The molecule has 3 aromatic rings. The molecular formula is C26H29N3O3S. The van der Waals surface area contributed by atoms with Crippen molar-refractivity contribution >= 4 is 27.1 Å². The zero-order valence-corrected chi connectivity index (χ0v) is 19.8. The third kappa shape index (κ3) is 5.80. The van der Waals surface area contributed by atoms with E-state index >= 15 is 0 Å². The predicted octanol–water partition coefficient (Wildman–Crippen LogP) is 3.97. The van der Waals surface area contributed by atoms with Gasteiger partial charge in [-0.15, -0.1) is 0 Å². The van der Waals surface area contributed by atoms with Gasteiger partial charge in [0.1, 0.15) is 0 Å². The average molecular weight is 464 g/mol. The SMILES string of the molecule is Cc1ccc(S(C)(=O)=O)cc1C(=O)Nc1ccc(N2CCN(Cc3ccccc3)CC2)cc1. The van der Waals surface area contributed by atoms with Crippen LogP contribution in [0.4, 0.5) is 11.4 Å². The Kier molecular flexibility index (Phi) is 6.81. The number of anilines is 2. The number of nitrogens with one attached hydrogen (secondary N) is 1. The number of nitrogens with zero attached hydrogens (tertiary/aromatic N) is 2. The van der Waals surface area contributed by atoms with Crippen molar-refractivity contribution in [3.05, 3.63) is 89.5 Å². The molecule has 1 saturated heterocycles. The van der Waals surface area contributed by atoms with Crippen molar-refractivity contribution in [3.8, 4) is 0 Å². The second kappa shape index (κ2) is 9.77. The number of benzene rings is 3. The third-order valence-electron chi connectivity index (χ3n) is 5.99. The molecule has 1 amide bonds. The van der Waals surface area contributed by atoms with Crippen molar-refractivity contribution in [1.82, 2.24) is 4.90 Å². The summed E-state index contributed by atoms with van der Waals surface area (Å²) in [6.07, 6.45) is 1.14. The van der Waals surface area contributed by atoms with Crippen molar-refractivity contribution in [1.29, 1.82) is 0 Å². The fourth-order valence-corrected chi connectivity index (χ4v) is 4.68. The van der Waals surface area contributed by atoms with Gasteiger partial charge in [-0.25, -0.2) is 8.42 Å². The van der Waals surface area contributed by atoms with Crippen LogP contribution < -0.4 is 10.2 Å². The van der Waals surface area contributed by atoms with Gasteiger partial charge in [-0.3, -0.25) is 9.69 Å². The maximum atomic E-state index is 12.8. The maximum absolute atomic E-state index is 12.8. The average Bonchev–Trinajstić information content (AvgIpc) is 2.80. The number of hydrogen-bond acceptors (Lipinski definition) is 5. The Morgan fingerprint density at radius 2 is 1.58 bits per heavy atom. The maximum Gasteiger partial charge on any atom is 0.255 e. The first-order valence-corrected chi connectivity index (χ1v) is 12.9. The number of rotatable bonds is 6. The Morgan fingerprint density at radius 1 is 0.909 bits per heavy atom. The van der Waals surface area contributed by atoms with Gasteiger partial charge < -0.3 is 10.2 Å². The van der Waals surface area contributed by atoms with E-state index < -0.39 is 9.84 Å². The molecule has 172 valence electrons. The molecule has 1 heterocycles. The van der Waals surface area contributed by atoms with Crippen LogP contribution in [0.2, 0.25) is 0 Å². The Morgan fingerprint density at radius 3 is 2.21 bits per heavy atom. The summed E-state index contributed by atoms with van der Waals surface area (Å²) in [5, 5.41) is 2.88. The number of amides is 1. The fourth-order valence-electron chi connectivity index (χ4n) is 4.04. The van der Waals surface area contributed by atoms with Gasteiger partial charge in [0.15, 0.2) is 9.84 Å². The molecule has 3 aromatic carbocycles.